The maximum absolute atomic E-state index is 12.4. The number of amides is 4. The van der Waals surface area contributed by atoms with Crippen molar-refractivity contribution in [2.75, 3.05) is 4.90 Å². The van der Waals surface area contributed by atoms with Crippen molar-refractivity contribution in [1.82, 2.24) is 5.32 Å². The Balaban J connectivity index is 2.41. The van der Waals surface area contributed by atoms with Gasteiger partial charge < -0.3 is 0 Å². The molecule has 0 saturated carbocycles. The van der Waals surface area contributed by atoms with Gasteiger partial charge in [-0.2, -0.15) is 0 Å². The lowest BCUT2D eigenvalue weighted by Crippen LogP contribution is -2.58. The number of nitrogens with zero attached hydrogens (tertiary/aromatic N) is 1. The SMILES string of the molecule is CCCC1C(=O)NC(=O)N(c2ccc(Cl)cc2I)C1=O. The molecular weight excluding hydrogens is 395 g/mol. The predicted octanol–water partition coefficient (Wildman–Crippen LogP) is 2.94. The van der Waals surface area contributed by atoms with Gasteiger partial charge in [-0.25, -0.2) is 9.69 Å². The van der Waals surface area contributed by atoms with Crippen LogP contribution in [0.1, 0.15) is 19.8 Å². The number of rotatable bonds is 3. The molecule has 1 aromatic carbocycles. The molecule has 1 atom stereocenters. The number of benzene rings is 1. The second kappa shape index (κ2) is 6.09. The molecule has 4 amide bonds. The first-order chi connectivity index (χ1) is 9.45. The fraction of sp³-hybridized carbons (Fsp3) is 0.308. The Morgan fingerprint density at radius 2 is 2.05 bits per heavy atom. The minimum atomic E-state index is -0.816. The number of nitrogens with one attached hydrogen (secondary N) is 1. The Morgan fingerprint density at radius 3 is 2.65 bits per heavy atom. The van der Waals surface area contributed by atoms with Crippen LogP contribution in [-0.2, 0) is 9.59 Å². The second-order valence-corrected chi connectivity index (χ2v) is 6.00. The quantitative estimate of drug-likeness (QED) is 0.620. The predicted molar refractivity (Wildman–Crippen MR) is 83.6 cm³/mol. The molecule has 0 bridgehead atoms. The monoisotopic (exact) mass is 406 g/mol. The Kier molecular flexibility index (Phi) is 4.64. The van der Waals surface area contributed by atoms with Gasteiger partial charge in [-0.15, -0.1) is 0 Å². The molecule has 5 nitrogen and oxygen atoms in total. The molecular formula is C13H12ClIN2O3. The van der Waals surface area contributed by atoms with Crippen molar-refractivity contribution in [1.29, 1.82) is 0 Å². The van der Waals surface area contributed by atoms with Crippen LogP contribution in [0.5, 0.6) is 0 Å². The molecule has 1 aliphatic rings. The zero-order valence-electron chi connectivity index (χ0n) is 10.7. The Morgan fingerprint density at radius 1 is 1.35 bits per heavy atom. The molecule has 0 aliphatic carbocycles. The largest absolute Gasteiger partial charge is 0.335 e. The minimum absolute atomic E-state index is 0.415. The standard InChI is InChI=1S/C13H12ClIN2O3/c1-2-3-8-11(18)16-13(20)17(12(8)19)10-5-4-7(14)6-9(10)15/h4-6,8H,2-3H2,1H3,(H,16,18,20). The Bertz CT molecular complexity index is 591. The first-order valence-electron chi connectivity index (χ1n) is 6.09. The third-order valence-electron chi connectivity index (χ3n) is 3.00. The van der Waals surface area contributed by atoms with Crippen molar-refractivity contribution in [2.24, 2.45) is 5.92 Å². The van der Waals surface area contributed by atoms with Crippen LogP contribution < -0.4 is 10.2 Å². The van der Waals surface area contributed by atoms with Gasteiger partial charge >= 0.3 is 6.03 Å². The summed E-state index contributed by atoms with van der Waals surface area (Å²) < 4.78 is 0.670. The fourth-order valence-electron chi connectivity index (χ4n) is 2.05. The van der Waals surface area contributed by atoms with Gasteiger partial charge in [0.1, 0.15) is 5.92 Å². The van der Waals surface area contributed by atoms with E-state index in [0.29, 0.717) is 27.1 Å². The summed E-state index contributed by atoms with van der Waals surface area (Å²) in [5.41, 5.74) is 0.436. The van der Waals surface area contributed by atoms with Crippen molar-refractivity contribution in [3.63, 3.8) is 0 Å². The molecule has 1 unspecified atom stereocenters. The topological polar surface area (TPSA) is 66.5 Å². The van der Waals surface area contributed by atoms with Crippen molar-refractivity contribution in [3.8, 4) is 0 Å². The van der Waals surface area contributed by atoms with Gasteiger partial charge in [0, 0.05) is 8.59 Å². The molecule has 0 radical (unpaired) electrons. The molecule has 1 heterocycles. The number of hydrogen-bond acceptors (Lipinski definition) is 3. The number of barbiturate groups is 1. The van der Waals surface area contributed by atoms with Gasteiger partial charge in [0.05, 0.1) is 5.69 Å². The van der Waals surface area contributed by atoms with E-state index < -0.39 is 23.8 Å². The maximum atomic E-state index is 12.4. The number of carbonyl (C=O) groups excluding carboxylic acids is 3. The molecule has 0 spiro atoms. The highest BCUT2D eigenvalue weighted by molar-refractivity contribution is 14.1. The summed E-state index contributed by atoms with van der Waals surface area (Å²) in [7, 11) is 0. The number of hydrogen-bond donors (Lipinski definition) is 1. The molecule has 1 saturated heterocycles. The lowest BCUT2D eigenvalue weighted by molar-refractivity contribution is -0.134. The number of imide groups is 2. The van der Waals surface area contributed by atoms with E-state index in [1.54, 1.807) is 18.2 Å². The Hall–Kier alpha value is -1.15. The molecule has 106 valence electrons. The van der Waals surface area contributed by atoms with Crippen LogP contribution >= 0.6 is 34.2 Å². The highest BCUT2D eigenvalue weighted by Gasteiger charge is 2.41. The lowest BCUT2D eigenvalue weighted by atomic mass is 9.99. The summed E-state index contributed by atoms with van der Waals surface area (Å²) in [4.78, 5) is 37.1. The van der Waals surface area contributed by atoms with E-state index in [9.17, 15) is 14.4 Å². The second-order valence-electron chi connectivity index (χ2n) is 4.41. The number of anilines is 1. The van der Waals surface area contributed by atoms with E-state index in [4.69, 9.17) is 11.6 Å². The molecule has 7 heteroatoms. The van der Waals surface area contributed by atoms with Crippen LogP contribution in [-0.4, -0.2) is 17.8 Å². The maximum Gasteiger partial charge on any atom is 0.335 e. The Labute approximate surface area is 134 Å². The molecule has 1 fully saturated rings. The summed E-state index contributed by atoms with van der Waals surface area (Å²) in [6, 6.07) is 4.14. The van der Waals surface area contributed by atoms with E-state index in [1.807, 2.05) is 29.5 Å². The zero-order valence-corrected chi connectivity index (χ0v) is 13.6. The van der Waals surface area contributed by atoms with E-state index in [1.165, 1.54) is 0 Å². The van der Waals surface area contributed by atoms with Gasteiger partial charge in [0.25, 0.3) is 0 Å². The van der Waals surface area contributed by atoms with Crippen molar-refractivity contribution >= 4 is 57.7 Å². The van der Waals surface area contributed by atoms with E-state index >= 15 is 0 Å². The average molecular weight is 407 g/mol. The smallest absolute Gasteiger partial charge is 0.277 e. The number of urea groups is 1. The van der Waals surface area contributed by atoms with Gasteiger partial charge in [-0.1, -0.05) is 24.9 Å². The van der Waals surface area contributed by atoms with Crippen LogP contribution in [0.4, 0.5) is 10.5 Å². The summed E-state index contributed by atoms with van der Waals surface area (Å²) in [5, 5.41) is 2.74. The third kappa shape index (κ3) is 2.80. The number of carbonyl (C=O) groups is 3. The highest BCUT2D eigenvalue weighted by atomic mass is 127. The number of halogens is 2. The van der Waals surface area contributed by atoms with Gasteiger partial charge in [-0.05, 0) is 47.2 Å². The fourth-order valence-corrected chi connectivity index (χ4v) is 3.16. The minimum Gasteiger partial charge on any atom is -0.277 e. The first-order valence-corrected chi connectivity index (χ1v) is 7.55. The molecule has 20 heavy (non-hydrogen) atoms. The summed E-state index contributed by atoms with van der Waals surface area (Å²) in [6.07, 6.45) is 1.10. The molecule has 2 rings (SSSR count). The molecule has 1 N–H and O–H groups in total. The van der Waals surface area contributed by atoms with E-state index in [-0.39, 0.29) is 0 Å². The van der Waals surface area contributed by atoms with E-state index in [0.717, 1.165) is 4.90 Å². The summed E-state index contributed by atoms with van der Waals surface area (Å²) in [5.74, 6) is -1.83. The highest BCUT2D eigenvalue weighted by Crippen LogP contribution is 2.29. The zero-order chi connectivity index (χ0) is 14.9. The lowest BCUT2D eigenvalue weighted by Gasteiger charge is -2.30. The first kappa shape index (κ1) is 15.2. The van der Waals surface area contributed by atoms with E-state index in [2.05, 4.69) is 5.32 Å². The third-order valence-corrected chi connectivity index (χ3v) is 4.10. The van der Waals surface area contributed by atoms with Crippen LogP contribution in [0.15, 0.2) is 18.2 Å². The van der Waals surface area contributed by atoms with Crippen LogP contribution in [0, 0.1) is 9.49 Å². The average Bonchev–Trinajstić information content (AvgIpc) is 2.37. The van der Waals surface area contributed by atoms with Gasteiger partial charge in [-0.3, -0.25) is 14.9 Å². The normalized spacial score (nSPS) is 19.2. The van der Waals surface area contributed by atoms with Crippen LogP contribution in [0.2, 0.25) is 5.02 Å². The molecule has 0 aromatic heterocycles. The van der Waals surface area contributed by atoms with Gasteiger partial charge in [0.15, 0.2) is 0 Å². The van der Waals surface area contributed by atoms with Crippen molar-refractivity contribution in [2.45, 2.75) is 19.8 Å². The van der Waals surface area contributed by atoms with Crippen molar-refractivity contribution < 1.29 is 14.4 Å². The molecule has 1 aromatic rings. The van der Waals surface area contributed by atoms with Gasteiger partial charge in [0.2, 0.25) is 11.8 Å². The van der Waals surface area contributed by atoms with Crippen LogP contribution in [0.3, 0.4) is 0 Å². The summed E-state index contributed by atoms with van der Waals surface area (Å²) >= 11 is 7.87. The van der Waals surface area contributed by atoms with Crippen LogP contribution in [0.25, 0.3) is 0 Å². The van der Waals surface area contributed by atoms with Crippen molar-refractivity contribution in [3.05, 3.63) is 26.8 Å². The summed E-state index contributed by atoms with van der Waals surface area (Å²) in [6.45, 7) is 1.88. The molecule has 1 aliphatic heterocycles.